The molecule has 2 aromatic rings. The van der Waals surface area contributed by atoms with E-state index >= 15 is 0 Å². The Morgan fingerprint density at radius 1 is 0.769 bits per heavy atom. The quantitative estimate of drug-likeness (QED) is 0.599. The molecule has 0 radical (unpaired) electrons. The summed E-state index contributed by atoms with van der Waals surface area (Å²) in [6, 6.07) is 6.06. The van der Waals surface area contributed by atoms with Crippen molar-refractivity contribution in [1.29, 1.82) is 0 Å². The number of aromatic carboxylic acids is 1. The summed E-state index contributed by atoms with van der Waals surface area (Å²) in [6.07, 6.45) is 0. The normalized spacial score (nSPS) is 9.81. The lowest BCUT2D eigenvalue weighted by Crippen LogP contribution is -2.01. The maximum Gasteiger partial charge on any atom is 0.341 e. The highest BCUT2D eigenvalue weighted by atomic mass is 35.5. The fourth-order valence-corrected chi connectivity index (χ4v) is 2.97. The van der Waals surface area contributed by atoms with E-state index in [2.05, 4.69) is 0 Å². The van der Waals surface area contributed by atoms with Crippen LogP contribution in [0.4, 0.5) is 0 Å². The minimum atomic E-state index is -1.16. The number of carboxylic acids is 1. The second kappa shape index (κ2) is 9.88. The van der Waals surface area contributed by atoms with Crippen LogP contribution in [0.2, 0.25) is 20.1 Å². The first-order chi connectivity index (χ1) is 12.1. The topological polar surface area (TPSA) is 72.8 Å². The molecule has 26 heavy (non-hydrogen) atoms. The first-order valence-corrected chi connectivity index (χ1v) is 8.45. The zero-order chi connectivity index (χ0) is 20.0. The highest BCUT2D eigenvalue weighted by Crippen LogP contribution is 2.34. The van der Waals surface area contributed by atoms with Crippen molar-refractivity contribution in [3.63, 3.8) is 0 Å². The zero-order valence-corrected chi connectivity index (χ0v) is 16.9. The standard InChI is InChI=1S/C9H8Cl2O2.C8H6Cl2O3/c1-5(12)8-6(10)3-4-7(11)9(8)13-2;1-13-7-5(10)3-2-4(9)6(7)8(11)12/h3-4H,1-2H3;2-3H,1H3,(H,11,12). The monoisotopic (exact) mass is 438 g/mol. The van der Waals surface area contributed by atoms with Gasteiger partial charge in [0.05, 0.1) is 39.9 Å². The number of halogens is 4. The minimum Gasteiger partial charge on any atom is -0.494 e. The third-order valence-corrected chi connectivity index (χ3v) is 4.32. The number of carbonyl (C=O) groups is 2. The van der Waals surface area contributed by atoms with Gasteiger partial charge in [-0.05, 0) is 31.2 Å². The fraction of sp³-hybridized carbons (Fsp3) is 0.176. The predicted molar refractivity (Wildman–Crippen MR) is 103 cm³/mol. The molecule has 0 aromatic heterocycles. The Morgan fingerprint density at radius 3 is 1.38 bits per heavy atom. The van der Waals surface area contributed by atoms with Crippen molar-refractivity contribution in [3.05, 3.63) is 55.5 Å². The number of Topliss-reactive ketones (excluding diaryl/α,β-unsaturated/α-hetero) is 1. The maximum atomic E-state index is 11.2. The maximum absolute atomic E-state index is 11.2. The molecule has 0 aliphatic carbocycles. The van der Waals surface area contributed by atoms with Gasteiger partial charge in [0.15, 0.2) is 11.5 Å². The molecule has 1 N–H and O–H groups in total. The lowest BCUT2D eigenvalue weighted by atomic mass is 10.1. The van der Waals surface area contributed by atoms with Crippen molar-refractivity contribution in [1.82, 2.24) is 0 Å². The fourth-order valence-electron chi connectivity index (χ4n) is 1.99. The number of methoxy groups -OCH3 is 2. The van der Waals surface area contributed by atoms with Gasteiger partial charge in [0, 0.05) is 0 Å². The van der Waals surface area contributed by atoms with Crippen LogP contribution in [-0.4, -0.2) is 31.1 Å². The van der Waals surface area contributed by atoms with Crippen molar-refractivity contribution in [3.8, 4) is 11.5 Å². The van der Waals surface area contributed by atoms with Gasteiger partial charge in [0.25, 0.3) is 0 Å². The van der Waals surface area contributed by atoms with Crippen molar-refractivity contribution in [2.45, 2.75) is 6.92 Å². The van der Waals surface area contributed by atoms with Gasteiger partial charge in [0.2, 0.25) is 0 Å². The Labute approximate surface area is 170 Å². The number of rotatable bonds is 4. The van der Waals surface area contributed by atoms with Crippen LogP contribution in [0.25, 0.3) is 0 Å². The van der Waals surface area contributed by atoms with E-state index in [1.54, 1.807) is 12.1 Å². The lowest BCUT2D eigenvalue weighted by molar-refractivity contribution is 0.0693. The molecule has 140 valence electrons. The molecule has 0 amide bonds. The Balaban J connectivity index is 0.000000260. The molecule has 5 nitrogen and oxygen atoms in total. The van der Waals surface area contributed by atoms with E-state index in [0.29, 0.717) is 21.4 Å². The zero-order valence-electron chi connectivity index (χ0n) is 13.9. The molecule has 0 spiro atoms. The second-order valence-corrected chi connectivity index (χ2v) is 6.37. The van der Waals surface area contributed by atoms with Crippen molar-refractivity contribution < 1.29 is 24.2 Å². The molecule has 0 heterocycles. The third kappa shape index (κ3) is 5.17. The predicted octanol–water partition coefficient (Wildman–Crippen LogP) is 5.90. The van der Waals surface area contributed by atoms with Gasteiger partial charge < -0.3 is 14.6 Å². The number of benzene rings is 2. The number of carbonyl (C=O) groups excluding carboxylic acids is 1. The van der Waals surface area contributed by atoms with Crippen LogP contribution in [0.5, 0.6) is 11.5 Å². The number of carboxylic acid groups (broad SMARTS) is 1. The van der Waals surface area contributed by atoms with Crippen molar-refractivity contribution >= 4 is 58.2 Å². The van der Waals surface area contributed by atoms with Crippen LogP contribution in [0.1, 0.15) is 27.6 Å². The van der Waals surface area contributed by atoms with Gasteiger partial charge >= 0.3 is 5.97 Å². The molecule has 0 bridgehead atoms. The summed E-state index contributed by atoms with van der Waals surface area (Å²) in [4.78, 5) is 21.9. The first kappa shape index (κ1) is 22.4. The van der Waals surface area contributed by atoms with Gasteiger partial charge in [-0.1, -0.05) is 46.4 Å². The Bertz CT molecular complexity index is 767. The highest BCUT2D eigenvalue weighted by Gasteiger charge is 2.18. The number of hydrogen-bond acceptors (Lipinski definition) is 4. The van der Waals surface area contributed by atoms with Crippen LogP contribution in [0, 0.1) is 0 Å². The summed E-state index contributed by atoms with van der Waals surface area (Å²) in [7, 11) is 2.79. The largest absolute Gasteiger partial charge is 0.494 e. The van der Waals surface area contributed by atoms with Crippen LogP contribution in [0.15, 0.2) is 24.3 Å². The van der Waals surface area contributed by atoms with Crippen LogP contribution < -0.4 is 9.47 Å². The summed E-state index contributed by atoms with van der Waals surface area (Å²) in [5.41, 5.74) is 0.216. The molecule has 9 heteroatoms. The summed E-state index contributed by atoms with van der Waals surface area (Å²) in [5, 5.41) is 9.85. The summed E-state index contributed by atoms with van der Waals surface area (Å²) in [5.74, 6) is -0.906. The van der Waals surface area contributed by atoms with Gasteiger partial charge in [-0.25, -0.2) is 4.79 Å². The second-order valence-electron chi connectivity index (χ2n) is 4.74. The molecule has 0 fully saturated rings. The van der Waals surface area contributed by atoms with Gasteiger partial charge in [-0.2, -0.15) is 0 Å². The average Bonchev–Trinajstić information content (AvgIpc) is 2.58. The van der Waals surface area contributed by atoms with E-state index in [1.165, 1.54) is 33.3 Å². The highest BCUT2D eigenvalue weighted by molar-refractivity contribution is 6.37. The Hall–Kier alpha value is -1.66. The summed E-state index contributed by atoms with van der Waals surface area (Å²) in [6.45, 7) is 1.42. The summed E-state index contributed by atoms with van der Waals surface area (Å²) >= 11 is 23.0. The van der Waals surface area contributed by atoms with Crippen LogP contribution in [-0.2, 0) is 0 Å². The molecular formula is C17H14Cl4O5. The SMILES string of the molecule is COc1c(Cl)ccc(Cl)c1C(=O)O.COc1c(Cl)ccc(Cl)c1C(C)=O. The molecule has 0 aliphatic rings. The van der Waals surface area contributed by atoms with E-state index in [0.717, 1.165) is 0 Å². The molecule has 0 unspecified atom stereocenters. The van der Waals surface area contributed by atoms with Crippen molar-refractivity contribution in [2.75, 3.05) is 14.2 Å². The van der Waals surface area contributed by atoms with Gasteiger partial charge in [-0.15, -0.1) is 0 Å². The molecular weight excluding hydrogens is 426 g/mol. The first-order valence-electron chi connectivity index (χ1n) is 6.93. The number of ketones is 1. The van der Waals surface area contributed by atoms with E-state index in [4.69, 9.17) is 61.0 Å². The smallest absolute Gasteiger partial charge is 0.341 e. The molecule has 0 saturated carbocycles. The number of hydrogen-bond donors (Lipinski definition) is 1. The average molecular weight is 440 g/mol. The van der Waals surface area contributed by atoms with E-state index in [9.17, 15) is 9.59 Å². The minimum absolute atomic E-state index is 0.0849. The van der Waals surface area contributed by atoms with E-state index < -0.39 is 5.97 Å². The molecule has 0 saturated heterocycles. The van der Waals surface area contributed by atoms with Crippen molar-refractivity contribution in [2.24, 2.45) is 0 Å². The molecule has 0 aliphatic heterocycles. The van der Waals surface area contributed by atoms with Crippen LogP contribution >= 0.6 is 46.4 Å². The van der Waals surface area contributed by atoms with Gasteiger partial charge in [0.1, 0.15) is 11.3 Å². The third-order valence-electron chi connectivity index (χ3n) is 3.09. The lowest BCUT2D eigenvalue weighted by Gasteiger charge is -2.08. The Morgan fingerprint density at radius 2 is 1.12 bits per heavy atom. The summed E-state index contributed by atoms with van der Waals surface area (Å²) < 4.78 is 9.80. The number of ether oxygens (including phenoxy) is 2. The molecule has 2 aromatic carbocycles. The van der Waals surface area contributed by atoms with Gasteiger partial charge in [-0.3, -0.25) is 4.79 Å². The molecule has 2 rings (SSSR count). The van der Waals surface area contributed by atoms with E-state index in [1.807, 2.05) is 0 Å². The Kier molecular flexibility index (Phi) is 8.50. The van der Waals surface area contributed by atoms with E-state index in [-0.39, 0.29) is 27.1 Å². The van der Waals surface area contributed by atoms with Crippen LogP contribution in [0.3, 0.4) is 0 Å². The molecule has 0 atom stereocenters.